The van der Waals surface area contributed by atoms with Gasteiger partial charge in [-0.2, -0.15) is 0 Å². The zero-order valence-corrected chi connectivity index (χ0v) is 11.2. The van der Waals surface area contributed by atoms with Gasteiger partial charge in [0.2, 0.25) is 0 Å². The molecule has 0 spiro atoms. The van der Waals surface area contributed by atoms with E-state index in [-0.39, 0.29) is 6.61 Å². The van der Waals surface area contributed by atoms with E-state index in [1.807, 2.05) is 66.1 Å². The smallest absolute Gasteiger partial charge is 0.421 e. The lowest BCUT2D eigenvalue weighted by atomic mass is 10.2. The molecule has 0 aliphatic rings. The summed E-state index contributed by atoms with van der Waals surface area (Å²) in [6.45, 7) is 0.880. The molecule has 0 aliphatic heterocycles. The summed E-state index contributed by atoms with van der Waals surface area (Å²) in [5.41, 5.74) is 9.34. The van der Waals surface area contributed by atoms with Crippen LogP contribution in [0.2, 0.25) is 0 Å². The Hall–Kier alpha value is -2.37. The molecule has 1 amide bonds. The fourth-order valence-electron chi connectivity index (χ4n) is 1.38. The summed E-state index contributed by atoms with van der Waals surface area (Å²) in [5.74, 6) is 4.81. The molecule has 0 bridgehead atoms. The lowest BCUT2D eigenvalue weighted by Crippen LogP contribution is -2.30. The lowest BCUT2D eigenvalue weighted by molar-refractivity contribution is 0.140. The topological polar surface area (TPSA) is 90.4 Å². The lowest BCUT2D eigenvalue weighted by Gasteiger charge is -2.02. The minimum atomic E-state index is -0.626. The van der Waals surface area contributed by atoms with Crippen molar-refractivity contribution in [1.29, 1.82) is 0 Å². The Morgan fingerprint density at radius 2 is 1.45 bits per heavy atom. The molecule has 0 atom stereocenters. The second kappa shape index (κ2) is 9.55. The first-order chi connectivity index (χ1) is 9.76. The number of carbonyl (C=O) groups excluding carboxylic acids is 1. The highest BCUT2D eigenvalue weighted by molar-refractivity contribution is 5.66. The summed E-state index contributed by atoms with van der Waals surface area (Å²) < 4.78 is 4.70. The molecule has 0 aromatic heterocycles. The van der Waals surface area contributed by atoms with E-state index in [1.165, 1.54) is 5.56 Å². The number of carbonyl (C=O) groups is 1. The van der Waals surface area contributed by atoms with Gasteiger partial charge in [-0.15, -0.1) is 0 Å². The zero-order chi connectivity index (χ0) is 14.6. The van der Waals surface area contributed by atoms with Gasteiger partial charge in [-0.25, -0.2) is 10.6 Å². The molecule has 0 aliphatic carbocycles. The number of hydrazine groups is 1. The first-order valence-electron chi connectivity index (χ1n) is 6.17. The van der Waals surface area contributed by atoms with Crippen LogP contribution in [0.3, 0.4) is 0 Å². The highest BCUT2D eigenvalue weighted by Crippen LogP contribution is 1.99. The third-order valence-corrected chi connectivity index (χ3v) is 2.41. The van der Waals surface area contributed by atoms with Crippen molar-refractivity contribution in [1.82, 2.24) is 5.43 Å². The van der Waals surface area contributed by atoms with Gasteiger partial charge < -0.3 is 10.5 Å². The van der Waals surface area contributed by atoms with E-state index in [2.05, 4.69) is 0 Å². The maximum absolute atomic E-state index is 10.5. The van der Waals surface area contributed by atoms with Gasteiger partial charge in [-0.3, -0.25) is 5.43 Å². The van der Waals surface area contributed by atoms with Crippen LogP contribution in [-0.2, 0) is 17.9 Å². The molecule has 5 nitrogen and oxygen atoms in total. The van der Waals surface area contributed by atoms with Crippen molar-refractivity contribution in [3.8, 4) is 0 Å². The summed E-state index contributed by atoms with van der Waals surface area (Å²) in [6, 6.07) is 19.4. The fourth-order valence-corrected chi connectivity index (χ4v) is 1.38. The van der Waals surface area contributed by atoms with Crippen LogP contribution in [-0.4, -0.2) is 6.09 Å². The summed E-state index contributed by atoms with van der Waals surface area (Å²) in [7, 11) is 0. The molecule has 5 N–H and O–H groups in total. The van der Waals surface area contributed by atoms with Crippen molar-refractivity contribution >= 4 is 6.09 Å². The van der Waals surface area contributed by atoms with Crippen LogP contribution in [0.25, 0.3) is 0 Å². The Kier molecular flexibility index (Phi) is 7.49. The zero-order valence-electron chi connectivity index (χ0n) is 11.2. The van der Waals surface area contributed by atoms with E-state index in [0.717, 1.165) is 5.56 Å². The van der Waals surface area contributed by atoms with E-state index < -0.39 is 6.09 Å². The third-order valence-electron chi connectivity index (χ3n) is 2.41. The third kappa shape index (κ3) is 6.53. The number of ether oxygens (including phenoxy) is 1. The minimum Gasteiger partial charge on any atom is -0.444 e. The molecule has 2 aromatic carbocycles. The molecular weight excluding hydrogens is 254 g/mol. The van der Waals surface area contributed by atoms with E-state index in [0.29, 0.717) is 6.54 Å². The van der Waals surface area contributed by atoms with Crippen LogP contribution in [0.15, 0.2) is 60.7 Å². The van der Waals surface area contributed by atoms with Crippen molar-refractivity contribution in [2.24, 2.45) is 11.6 Å². The summed E-state index contributed by atoms with van der Waals surface area (Å²) in [4.78, 5) is 10.5. The van der Waals surface area contributed by atoms with Gasteiger partial charge in [0.25, 0.3) is 0 Å². The summed E-state index contributed by atoms with van der Waals surface area (Å²) in [6.07, 6.45) is -0.626. The van der Waals surface area contributed by atoms with E-state index >= 15 is 0 Å². The highest BCUT2D eigenvalue weighted by Gasteiger charge is 1.97. The van der Waals surface area contributed by atoms with Crippen LogP contribution in [0, 0.1) is 0 Å². The van der Waals surface area contributed by atoms with Crippen molar-refractivity contribution in [3.63, 3.8) is 0 Å². The number of rotatable bonds is 3. The standard InChI is InChI=1S/C8H10N2O2.C7H9N/c9-10-8(11)12-6-7-4-2-1-3-5-7;8-6-7-4-2-1-3-5-7/h1-5H,6,9H2,(H,10,11);1-5H,6,8H2. The maximum atomic E-state index is 10.5. The Bertz CT molecular complexity index is 489. The largest absolute Gasteiger partial charge is 0.444 e. The Morgan fingerprint density at radius 3 is 1.85 bits per heavy atom. The highest BCUT2D eigenvalue weighted by atomic mass is 16.5. The molecule has 0 fully saturated rings. The molecule has 106 valence electrons. The Morgan fingerprint density at radius 1 is 0.950 bits per heavy atom. The molecule has 5 heteroatoms. The second-order valence-corrected chi connectivity index (χ2v) is 3.90. The normalized spacial score (nSPS) is 9.10. The van der Waals surface area contributed by atoms with Crippen molar-refractivity contribution in [2.45, 2.75) is 13.2 Å². The predicted molar refractivity (Wildman–Crippen MR) is 78.3 cm³/mol. The predicted octanol–water partition coefficient (Wildman–Crippen LogP) is 1.93. The quantitative estimate of drug-likeness (QED) is 0.453. The SMILES string of the molecule is NCc1ccccc1.NNC(=O)OCc1ccccc1. The van der Waals surface area contributed by atoms with Gasteiger partial charge in [-0.05, 0) is 11.1 Å². The number of benzene rings is 2. The number of nitrogens with two attached hydrogens (primary N) is 2. The number of hydrogen-bond acceptors (Lipinski definition) is 4. The molecular formula is C15H19N3O2. The number of hydrogen-bond donors (Lipinski definition) is 3. The van der Waals surface area contributed by atoms with Gasteiger partial charge >= 0.3 is 6.09 Å². The molecule has 0 heterocycles. The Balaban J connectivity index is 0.000000217. The van der Waals surface area contributed by atoms with Crippen molar-refractivity contribution < 1.29 is 9.53 Å². The van der Waals surface area contributed by atoms with Crippen LogP contribution in [0.4, 0.5) is 4.79 Å². The fraction of sp³-hybridized carbons (Fsp3) is 0.133. The van der Waals surface area contributed by atoms with Crippen LogP contribution < -0.4 is 17.0 Å². The minimum absolute atomic E-state index is 0.240. The monoisotopic (exact) mass is 273 g/mol. The van der Waals surface area contributed by atoms with E-state index in [9.17, 15) is 4.79 Å². The molecule has 0 unspecified atom stereocenters. The Labute approximate surface area is 118 Å². The van der Waals surface area contributed by atoms with Crippen LogP contribution in [0.5, 0.6) is 0 Å². The van der Waals surface area contributed by atoms with Gasteiger partial charge in [0.05, 0.1) is 0 Å². The van der Waals surface area contributed by atoms with Crippen LogP contribution in [0.1, 0.15) is 11.1 Å². The van der Waals surface area contributed by atoms with Gasteiger partial charge in [0.15, 0.2) is 0 Å². The maximum Gasteiger partial charge on any atom is 0.421 e. The molecule has 0 saturated carbocycles. The summed E-state index contributed by atoms with van der Waals surface area (Å²) in [5, 5.41) is 0. The number of nitrogens with one attached hydrogen (secondary N) is 1. The number of amides is 1. The molecule has 2 aromatic rings. The van der Waals surface area contributed by atoms with E-state index in [1.54, 1.807) is 0 Å². The van der Waals surface area contributed by atoms with Crippen molar-refractivity contribution in [3.05, 3.63) is 71.8 Å². The van der Waals surface area contributed by atoms with E-state index in [4.69, 9.17) is 16.3 Å². The average molecular weight is 273 g/mol. The van der Waals surface area contributed by atoms with Gasteiger partial charge in [0, 0.05) is 6.54 Å². The average Bonchev–Trinajstić information content (AvgIpc) is 2.55. The van der Waals surface area contributed by atoms with Crippen LogP contribution >= 0.6 is 0 Å². The second-order valence-electron chi connectivity index (χ2n) is 3.90. The molecule has 0 radical (unpaired) electrons. The molecule has 2 rings (SSSR count). The molecule has 20 heavy (non-hydrogen) atoms. The van der Waals surface area contributed by atoms with Gasteiger partial charge in [-0.1, -0.05) is 60.7 Å². The van der Waals surface area contributed by atoms with Gasteiger partial charge in [0.1, 0.15) is 6.61 Å². The van der Waals surface area contributed by atoms with Crippen molar-refractivity contribution in [2.75, 3.05) is 0 Å². The molecule has 0 saturated heterocycles. The summed E-state index contributed by atoms with van der Waals surface area (Å²) >= 11 is 0. The first-order valence-corrected chi connectivity index (χ1v) is 6.17. The first kappa shape index (κ1) is 15.7.